The van der Waals surface area contributed by atoms with E-state index >= 15 is 0 Å². The first kappa shape index (κ1) is 8.36. The summed E-state index contributed by atoms with van der Waals surface area (Å²) in [5.41, 5.74) is 0.184. The number of para-hydroxylation sites is 2. The van der Waals surface area contributed by atoms with Crippen LogP contribution in [0.2, 0.25) is 0 Å². The summed E-state index contributed by atoms with van der Waals surface area (Å²) in [6.45, 7) is 0. The monoisotopic (exact) mass is 196 g/mol. The minimum absolute atomic E-state index is 0.0918. The molecule has 0 unspecified atom stereocenters. The zero-order chi connectivity index (χ0) is 9.97. The van der Waals surface area contributed by atoms with Crippen molar-refractivity contribution < 1.29 is 18.0 Å². The Morgan fingerprint density at radius 2 is 1.21 bits per heavy atom. The van der Waals surface area contributed by atoms with Gasteiger partial charge in [-0.05, 0) is 12.1 Å². The van der Waals surface area contributed by atoms with Gasteiger partial charge in [0.25, 0.3) is 0 Å². The van der Waals surface area contributed by atoms with E-state index in [0.717, 1.165) is 0 Å². The first-order valence-electron chi connectivity index (χ1n) is 3.63. The molecule has 0 fully saturated rings. The van der Waals surface area contributed by atoms with E-state index in [1.54, 1.807) is 12.1 Å². The van der Waals surface area contributed by atoms with Gasteiger partial charge in [-0.1, -0.05) is 12.1 Å². The van der Waals surface area contributed by atoms with Crippen molar-refractivity contribution in [1.29, 1.82) is 0 Å². The van der Waals surface area contributed by atoms with Crippen LogP contribution in [0.5, 0.6) is 0 Å². The highest BCUT2D eigenvalue weighted by molar-refractivity contribution is 5.68. The highest BCUT2D eigenvalue weighted by atomic mass is 17.0. The standard InChI is InChI=1S/C8H4O6/c9-7-11-5-3-1-2-4-6(5)12-8(10)14-13-7/h1-4H. The smallest absolute Gasteiger partial charge is 0.388 e. The Hall–Kier alpha value is -2.24. The van der Waals surface area contributed by atoms with Gasteiger partial charge in [-0.2, -0.15) is 18.7 Å². The van der Waals surface area contributed by atoms with Gasteiger partial charge in [-0.3, -0.25) is 0 Å². The molecule has 2 aromatic rings. The van der Waals surface area contributed by atoms with Gasteiger partial charge in [-0.25, -0.2) is 0 Å². The van der Waals surface area contributed by atoms with E-state index in [0.29, 0.717) is 0 Å². The van der Waals surface area contributed by atoms with Gasteiger partial charge in [0.15, 0.2) is 11.2 Å². The molecule has 0 aliphatic heterocycles. The molecule has 0 saturated carbocycles. The normalized spacial score (nSPS) is 10.0. The van der Waals surface area contributed by atoms with Crippen LogP contribution >= 0.6 is 0 Å². The number of hydrogen-bond acceptors (Lipinski definition) is 6. The maximum atomic E-state index is 10.8. The second-order valence-corrected chi connectivity index (χ2v) is 2.32. The molecular formula is C8H4O6. The fourth-order valence-corrected chi connectivity index (χ4v) is 0.900. The Balaban J connectivity index is 3.03. The third-order valence-corrected chi connectivity index (χ3v) is 1.41. The maximum absolute atomic E-state index is 10.8. The van der Waals surface area contributed by atoms with Crippen LogP contribution in [-0.2, 0) is 0 Å². The van der Waals surface area contributed by atoms with E-state index in [1.165, 1.54) is 12.1 Å². The van der Waals surface area contributed by atoms with Crippen molar-refractivity contribution >= 4 is 11.2 Å². The summed E-state index contributed by atoms with van der Waals surface area (Å²) in [6, 6.07) is 6.13. The Kier molecular flexibility index (Phi) is 1.94. The van der Waals surface area contributed by atoms with Crippen molar-refractivity contribution in [3.63, 3.8) is 0 Å². The van der Waals surface area contributed by atoms with E-state index in [1.807, 2.05) is 0 Å². The van der Waals surface area contributed by atoms with Crippen molar-refractivity contribution in [1.82, 2.24) is 0 Å². The topological polar surface area (TPSA) is 86.7 Å². The predicted octanol–water partition coefficient (Wildman–Crippen LogP) is 1.06. The summed E-state index contributed by atoms with van der Waals surface area (Å²) in [5.74, 6) is -2.26. The molecule has 0 N–H and O–H groups in total. The second kappa shape index (κ2) is 3.25. The molecule has 0 aliphatic carbocycles. The Morgan fingerprint density at radius 1 is 0.786 bits per heavy atom. The molecule has 0 amide bonds. The number of fused-ring (bicyclic) bond motifs is 1. The molecule has 14 heavy (non-hydrogen) atoms. The van der Waals surface area contributed by atoms with Gasteiger partial charge in [0.05, 0.1) is 0 Å². The van der Waals surface area contributed by atoms with Crippen molar-refractivity contribution in [3.05, 3.63) is 45.5 Å². The van der Waals surface area contributed by atoms with Gasteiger partial charge in [-0.15, -0.1) is 0 Å². The lowest BCUT2D eigenvalue weighted by Crippen LogP contribution is -1.99. The Bertz CT molecular complexity index is 540. The Morgan fingerprint density at radius 3 is 1.64 bits per heavy atom. The van der Waals surface area contributed by atoms with Crippen molar-refractivity contribution in [2.45, 2.75) is 0 Å². The molecule has 1 aromatic heterocycles. The van der Waals surface area contributed by atoms with Gasteiger partial charge in [0.2, 0.25) is 0 Å². The van der Waals surface area contributed by atoms with E-state index in [2.05, 4.69) is 18.0 Å². The van der Waals surface area contributed by atoms with Gasteiger partial charge >= 0.3 is 11.6 Å². The lowest BCUT2D eigenvalue weighted by molar-refractivity contribution is -0.0290. The zero-order valence-electron chi connectivity index (χ0n) is 6.76. The minimum atomic E-state index is -1.13. The molecule has 0 bridgehead atoms. The van der Waals surface area contributed by atoms with Crippen molar-refractivity contribution in [3.8, 4) is 0 Å². The van der Waals surface area contributed by atoms with Crippen LogP contribution in [0.4, 0.5) is 0 Å². The van der Waals surface area contributed by atoms with Crippen LogP contribution in [0.15, 0.2) is 51.8 Å². The second-order valence-electron chi connectivity index (χ2n) is 2.32. The summed E-state index contributed by atoms with van der Waals surface area (Å²) in [7, 11) is 0. The van der Waals surface area contributed by atoms with Gasteiger partial charge in [0.1, 0.15) is 0 Å². The molecule has 1 heterocycles. The fourth-order valence-electron chi connectivity index (χ4n) is 0.900. The predicted molar refractivity (Wildman–Crippen MR) is 43.2 cm³/mol. The van der Waals surface area contributed by atoms with Gasteiger partial charge in [0, 0.05) is 0 Å². The summed E-state index contributed by atoms with van der Waals surface area (Å²) in [5, 5.41) is 0. The van der Waals surface area contributed by atoms with Crippen LogP contribution in [-0.4, -0.2) is 0 Å². The van der Waals surface area contributed by atoms with Crippen LogP contribution in [0.3, 0.4) is 0 Å². The first-order chi connectivity index (χ1) is 6.75. The number of benzene rings is 1. The van der Waals surface area contributed by atoms with E-state index in [4.69, 9.17) is 0 Å². The maximum Gasteiger partial charge on any atom is 0.555 e. The largest absolute Gasteiger partial charge is 0.555 e. The highest BCUT2D eigenvalue weighted by Crippen LogP contribution is 2.06. The summed E-state index contributed by atoms with van der Waals surface area (Å²) >= 11 is 0. The number of rotatable bonds is 0. The quantitative estimate of drug-likeness (QED) is 0.585. The van der Waals surface area contributed by atoms with Gasteiger partial charge < -0.3 is 8.83 Å². The molecule has 2 rings (SSSR count). The van der Waals surface area contributed by atoms with Crippen LogP contribution in [0.1, 0.15) is 0 Å². The SMILES string of the molecule is O=c1ooc(=O)oc2ccccc2o1. The average molecular weight is 196 g/mol. The molecule has 0 aliphatic rings. The van der Waals surface area contributed by atoms with Crippen LogP contribution in [0.25, 0.3) is 11.2 Å². The van der Waals surface area contributed by atoms with Crippen LogP contribution in [0, 0.1) is 0 Å². The fraction of sp³-hybridized carbons (Fsp3) is 0. The minimum Gasteiger partial charge on any atom is -0.388 e. The third-order valence-electron chi connectivity index (χ3n) is 1.41. The Labute approximate surface area is 75.6 Å². The molecule has 72 valence electrons. The molecule has 6 heteroatoms. The van der Waals surface area contributed by atoms with Crippen molar-refractivity contribution in [2.24, 2.45) is 0 Å². The zero-order valence-corrected chi connectivity index (χ0v) is 6.76. The lowest BCUT2D eigenvalue weighted by atomic mass is 10.3. The van der Waals surface area contributed by atoms with E-state index in [-0.39, 0.29) is 11.2 Å². The molecule has 1 aromatic carbocycles. The van der Waals surface area contributed by atoms with Crippen LogP contribution < -0.4 is 11.6 Å². The first-order valence-corrected chi connectivity index (χ1v) is 3.63. The average Bonchev–Trinajstić information content (AvgIpc) is 2.16. The van der Waals surface area contributed by atoms with E-state index < -0.39 is 11.6 Å². The summed E-state index contributed by atoms with van der Waals surface area (Å²) in [6.07, 6.45) is 0. The van der Waals surface area contributed by atoms with Crippen molar-refractivity contribution in [2.75, 3.05) is 0 Å². The number of hydrogen-bond donors (Lipinski definition) is 0. The van der Waals surface area contributed by atoms with E-state index in [9.17, 15) is 9.59 Å². The molecule has 0 spiro atoms. The summed E-state index contributed by atoms with van der Waals surface area (Å²) in [4.78, 5) is 21.5. The molecule has 0 saturated heterocycles. The molecular weight excluding hydrogens is 192 g/mol. The lowest BCUT2D eigenvalue weighted by Gasteiger charge is -1.87. The molecule has 0 radical (unpaired) electrons. The highest BCUT2D eigenvalue weighted by Gasteiger charge is 1.97. The molecule has 6 nitrogen and oxygen atoms in total. The molecule has 0 atom stereocenters. The summed E-state index contributed by atoms with van der Waals surface area (Å²) < 4.78 is 17.1. The third kappa shape index (κ3) is 1.58.